The SMILES string of the molecule is Cc1nc(NC(=O)NC(=O)C(C)(C)C)ccc1Oc1ccnc(NC(=O)N2CCCC2)c1. The average molecular weight is 441 g/mol. The van der Waals surface area contributed by atoms with Gasteiger partial charge in [0, 0.05) is 30.8 Å². The summed E-state index contributed by atoms with van der Waals surface area (Å²) in [5.41, 5.74) is -0.153. The summed E-state index contributed by atoms with van der Waals surface area (Å²) >= 11 is 0. The van der Waals surface area contributed by atoms with Crippen LogP contribution in [0.5, 0.6) is 11.5 Å². The second kappa shape index (κ2) is 9.63. The van der Waals surface area contributed by atoms with Gasteiger partial charge >= 0.3 is 12.1 Å². The molecule has 10 nitrogen and oxygen atoms in total. The Balaban J connectivity index is 1.61. The molecule has 0 spiro atoms. The molecule has 0 aliphatic carbocycles. The predicted octanol–water partition coefficient (Wildman–Crippen LogP) is 3.90. The number of carbonyl (C=O) groups is 3. The molecule has 0 bridgehead atoms. The molecule has 0 atom stereocenters. The molecule has 1 aliphatic heterocycles. The minimum absolute atomic E-state index is 0.177. The van der Waals surface area contributed by atoms with E-state index >= 15 is 0 Å². The summed E-state index contributed by atoms with van der Waals surface area (Å²) in [6, 6.07) is 5.70. The van der Waals surface area contributed by atoms with Crippen molar-refractivity contribution in [3.05, 3.63) is 36.2 Å². The fourth-order valence-corrected chi connectivity index (χ4v) is 2.94. The zero-order valence-corrected chi connectivity index (χ0v) is 18.7. The van der Waals surface area contributed by atoms with Crippen LogP contribution in [0.2, 0.25) is 0 Å². The summed E-state index contributed by atoms with van der Waals surface area (Å²) < 4.78 is 5.88. The van der Waals surface area contributed by atoms with E-state index < -0.39 is 17.4 Å². The molecule has 1 fully saturated rings. The van der Waals surface area contributed by atoms with Crippen molar-refractivity contribution in [2.75, 3.05) is 23.7 Å². The van der Waals surface area contributed by atoms with Crippen LogP contribution in [0.3, 0.4) is 0 Å². The third kappa shape index (κ3) is 6.16. The number of hydrogen-bond acceptors (Lipinski definition) is 6. The Morgan fingerprint density at radius 2 is 1.75 bits per heavy atom. The number of pyridine rings is 2. The molecule has 32 heavy (non-hydrogen) atoms. The largest absolute Gasteiger partial charge is 0.455 e. The Morgan fingerprint density at radius 1 is 1.03 bits per heavy atom. The van der Waals surface area contributed by atoms with E-state index in [1.807, 2.05) is 0 Å². The Bertz CT molecular complexity index is 1010. The number of aromatic nitrogens is 2. The highest BCUT2D eigenvalue weighted by Crippen LogP contribution is 2.26. The molecule has 1 saturated heterocycles. The maximum absolute atomic E-state index is 12.2. The first-order valence-electron chi connectivity index (χ1n) is 10.4. The number of rotatable bonds is 4. The molecule has 0 saturated carbocycles. The van der Waals surface area contributed by atoms with E-state index in [-0.39, 0.29) is 11.8 Å². The van der Waals surface area contributed by atoms with Gasteiger partial charge in [-0.05, 0) is 38.0 Å². The lowest BCUT2D eigenvalue weighted by Gasteiger charge is -2.17. The minimum atomic E-state index is -0.685. The molecule has 2 aromatic rings. The topological polar surface area (TPSA) is 126 Å². The molecule has 3 N–H and O–H groups in total. The molecular formula is C22H28N6O4. The third-order valence-corrected chi connectivity index (χ3v) is 4.77. The number of likely N-dealkylation sites (tertiary alicyclic amines) is 1. The fraction of sp³-hybridized carbons (Fsp3) is 0.409. The van der Waals surface area contributed by atoms with E-state index in [9.17, 15) is 14.4 Å². The number of anilines is 2. The Hall–Kier alpha value is -3.69. The van der Waals surface area contributed by atoms with Gasteiger partial charge in [-0.1, -0.05) is 20.8 Å². The molecule has 10 heteroatoms. The standard InChI is InChI=1S/C22H28N6O4/c1-14-16(7-8-17(24-14)25-20(30)27-19(29)22(2,3)4)32-15-9-10-23-18(13-15)26-21(31)28-11-5-6-12-28/h7-10,13H,5-6,11-12H2,1-4H3,(H,23,26,31)(H2,24,25,27,29,30). The average Bonchev–Trinajstić information content (AvgIpc) is 3.24. The van der Waals surface area contributed by atoms with E-state index in [4.69, 9.17) is 4.74 Å². The molecule has 3 heterocycles. The van der Waals surface area contributed by atoms with Crippen LogP contribution in [0.4, 0.5) is 21.2 Å². The summed E-state index contributed by atoms with van der Waals surface area (Å²) in [7, 11) is 0. The summed E-state index contributed by atoms with van der Waals surface area (Å²) in [5, 5.41) is 7.59. The highest BCUT2D eigenvalue weighted by molar-refractivity contribution is 6.02. The van der Waals surface area contributed by atoms with Crippen molar-refractivity contribution >= 4 is 29.6 Å². The maximum Gasteiger partial charge on any atom is 0.327 e. The zero-order valence-electron chi connectivity index (χ0n) is 18.7. The Labute approximate surface area is 186 Å². The number of carbonyl (C=O) groups excluding carboxylic acids is 3. The Kier molecular flexibility index (Phi) is 6.92. The summed E-state index contributed by atoms with van der Waals surface area (Å²) in [5.74, 6) is 1.24. The second-order valence-electron chi connectivity index (χ2n) is 8.54. The van der Waals surface area contributed by atoms with Crippen LogP contribution >= 0.6 is 0 Å². The number of imide groups is 1. The third-order valence-electron chi connectivity index (χ3n) is 4.77. The maximum atomic E-state index is 12.2. The van der Waals surface area contributed by atoms with Crippen molar-refractivity contribution in [1.82, 2.24) is 20.2 Å². The number of ether oxygens (including phenoxy) is 1. The van der Waals surface area contributed by atoms with Crippen LogP contribution in [0.15, 0.2) is 30.5 Å². The molecule has 5 amide bonds. The molecule has 0 unspecified atom stereocenters. The number of hydrogen-bond donors (Lipinski definition) is 3. The fourth-order valence-electron chi connectivity index (χ4n) is 2.94. The summed E-state index contributed by atoms with van der Waals surface area (Å²) in [6.45, 7) is 8.37. The van der Waals surface area contributed by atoms with Gasteiger partial charge in [0.05, 0.1) is 5.69 Å². The normalized spacial score (nSPS) is 13.4. The van der Waals surface area contributed by atoms with Gasteiger partial charge < -0.3 is 9.64 Å². The van der Waals surface area contributed by atoms with Gasteiger partial charge in [0.1, 0.15) is 23.1 Å². The number of urea groups is 2. The minimum Gasteiger partial charge on any atom is -0.455 e. The molecule has 1 aliphatic rings. The van der Waals surface area contributed by atoms with Gasteiger partial charge in [0.2, 0.25) is 5.91 Å². The number of nitrogens with zero attached hydrogens (tertiary/aromatic N) is 3. The van der Waals surface area contributed by atoms with Crippen LogP contribution in [-0.2, 0) is 4.79 Å². The molecule has 3 rings (SSSR count). The van der Waals surface area contributed by atoms with E-state index in [2.05, 4.69) is 25.9 Å². The van der Waals surface area contributed by atoms with Crippen molar-refractivity contribution in [2.45, 2.75) is 40.5 Å². The highest BCUT2D eigenvalue weighted by atomic mass is 16.5. The van der Waals surface area contributed by atoms with Gasteiger partial charge in [-0.3, -0.25) is 20.7 Å². The van der Waals surface area contributed by atoms with Crippen molar-refractivity contribution in [2.24, 2.45) is 5.41 Å². The number of amides is 5. The second-order valence-corrected chi connectivity index (χ2v) is 8.54. The molecule has 2 aromatic heterocycles. The van der Waals surface area contributed by atoms with Crippen LogP contribution in [0.1, 0.15) is 39.3 Å². The van der Waals surface area contributed by atoms with Crippen LogP contribution in [-0.4, -0.2) is 45.9 Å². The van der Waals surface area contributed by atoms with Crippen molar-refractivity contribution in [1.29, 1.82) is 0 Å². The number of nitrogens with one attached hydrogen (secondary N) is 3. The smallest absolute Gasteiger partial charge is 0.327 e. The van der Waals surface area contributed by atoms with Gasteiger partial charge in [-0.25, -0.2) is 19.6 Å². The van der Waals surface area contributed by atoms with Crippen LogP contribution < -0.4 is 20.7 Å². The van der Waals surface area contributed by atoms with Crippen molar-refractivity contribution < 1.29 is 19.1 Å². The monoisotopic (exact) mass is 440 g/mol. The number of aryl methyl sites for hydroxylation is 1. The lowest BCUT2D eigenvalue weighted by atomic mass is 9.96. The van der Waals surface area contributed by atoms with Gasteiger partial charge in [-0.15, -0.1) is 0 Å². The summed E-state index contributed by atoms with van der Waals surface area (Å²) in [6.07, 6.45) is 3.57. The Morgan fingerprint density at radius 3 is 2.41 bits per heavy atom. The van der Waals surface area contributed by atoms with Gasteiger partial charge in [0.15, 0.2) is 0 Å². The van der Waals surface area contributed by atoms with Crippen LogP contribution in [0.25, 0.3) is 0 Å². The lowest BCUT2D eigenvalue weighted by Crippen LogP contribution is -2.41. The van der Waals surface area contributed by atoms with E-state index in [1.165, 1.54) is 0 Å². The molecular weight excluding hydrogens is 412 g/mol. The van der Waals surface area contributed by atoms with Gasteiger partial charge in [-0.2, -0.15) is 0 Å². The zero-order chi connectivity index (χ0) is 23.3. The quantitative estimate of drug-likeness (QED) is 0.662. The van der Waals surface area contributed by atoms with E-state index in [0.29, 0.717) is 23.0 Å². The first-order chi connectivity index (χ1) is 15.1. The first kappa shape index (κ1) is 23.0. The predicted molar refractivity (Wildman–Crippen MR) is 120 cm³/mol. The van der Waals surface area contributed by atoms with Gasteiger partial charge in [0.25, 0.3) is 0 Å². The molecule has 0 aromatic carbocycles. The van der Waals surface area contributed by atoms with E-state index in [1.54, 1.807) is 63.1 Å². The highest BCUT2D eigenvalue weighted by Gasteiger charge is 2.23. The lowest BCUT2D eigenvalue weighted by molar-refractivity contribution is -0.127. The van der Waals surface area contributed by atoms with Crippen LogP contribution in [0, 0.1) is 12.3 Å². The first-order valence-corrected chi connectivity index (χ1v) is 10.4. The summed E-state index contributed by atoms with van der Waals surface area (Å²) in [4.78, 5) is 46.4. The molecule has 0 radical (unpaired) electrons. The van der Waals surface area contributed by atoms with Crippen molar-refractivity contribution in [3.63, 3.8) is 0 Å². The van der Waals surface area contributed by atoms with Crippen molar-refractivity contribution in [3.8, 4) is 11.5 Å². The molecule has 170 valence electrons. The van der Waals surface area contributed by atoms with E-state index in [0.717, 1.165) is 25.9 Å².